The quantitative estimate of drug-likeness (QED) is 0.857. The van der Waals surface area contributed by atoms with E-state index < -0.39 is 0 Å². The van der Waals surface area contributed by atoms with Crippen LogP contribution in [0.1, 0.15) is 25.3 Å². The van der Waals surface area contributed by atoms with E-state index in [1.807, 2.05) is 18.5 Å². The van der Waals surface area contributed by atoms with Crippen LogP contribution in [0.15, 0.2) is 24.5 Å². The van der Waals surface area contributed by atoms with Gasteiger partial charge >= 0.3 is 0 Å². The molecule has 3 nitrogen and oxygen atoms in total. The van der Waals surface area contributed by atoms with Crippen molar-refractivity contribution in [3.63, 3.8) is 0 Å². The van der Waals surface area contributed by atoms with Gasteiger partial charge in [-0.2, -0.15) is 0 Å². The molecule has 1 aromatic heterocycles. The zero-order valence-electron chi connectivity index (χ0n) is 10.5. The second-order valence-corrected chi connectivity index (χ2v) is 5.59. The molecule has 3 heteroatoms. The number of nitrogens with one attached hydrogen (secondary N) is 1. The van der Waals surface area contributed by atoms with Crippen molar-refractivity contribution in [2.45, 2.75) is 31.8 Å². The Morgan fingerprint density at radius 3 is 3.12 bits per heavy atom. The Labute approximate surface area is 103 Å². The van der Waals surface area contributed by atoms with Gasteiger partial charge in [0.1, 0.15) is 0 Å². The molecule has 1 aromatic rings. The van der Waals surface area contributed by atoms with Crippen molar-refractivity contribution in [3.8, 4) is 0 Å². The summed E-state index contributed by atoms with van der Waals surface area (Å²) in [5.74, 6) is 0.895. The number of piperazine rings is 1. The van der Waals surface area contributed by atoms with Gasteiger partial charge in [0.2, 0.25) is 0 Å². The summed E-state index contributed by atoms with van der Waals surface area (Å²) in [5.41, 5.74) is 1.69. The van der Waals surface area contributed by atoms with Crippen molar-refractivity contribution in [2.75, 3.05) is 19.6 Å². The monoisotopic (exact) mass is 231 g/mol. The fourth-order valence-electron chi connectivity index (χ4n) is 3.00. The van der Waals surface area contributed by atoms with Crippen molar-refractivity contribution < 1.29 is 0 Å². The number of nitrogens with zero attached hydrogens (tertiary/aromatic N) is 2. The minimum Gasteiger partial charge on any atom is -0.314 e. The van der Waals surface area contributed by atoms with Gasteiger partial charge in [-0.3, -0.25) is 9.88 Å². The molecule has 0 radical (unpaired) electrons. The van der Waals surface area contributed by atoms with Gasteiger partial charge in [-0.25, -0.2) is 0 Å². The van der Waals surface area contributed by atoms with Crippen LogP contribution in [-0.4, -0.2) is 35.1 Å². The van der Waals surface area contributed by atoms with Crippen LogP contribution >= 0.6 is 0 Å². The van der Waals surface area contributed by atoms with E-state index in [-0.39, 0.29) is 0 Å². The van der Waals surface area contributed by atoms with Crippen molar-refractivity contribution in [1.29, 1.82) is 0 Å². The fraction of sp³-hybridized carbons (Fsp3) is 0.643. The van der Waals surface area contributed by atoms with Gasteiger partial charge in [-0.15, -0.1) is 0 Å². The lowest BCUT2D eigenvalue weighted by Gasteiger charge is -2.46. The molecule has 17 heavy (non-hydrogen) atoms. The number of rotatable bonds is 3. The van der Waals surface area contributed by atoms with Crippen LogP contribution < -0.4 is 5.32 Å². The first kappa shape index (κ1) is 11.2. The molecule has 1 aliphatic heterocycles. The smallest absolute Gasteiger partial charge is 0.0337 e. The van der Waals surface area contributed by atoms with Crippen molar-refractivity contribution >= 4 is 0 Å². The summed E-state index contributed by atoms with van der Waals surface area (Å²) in [6.45, 7) is 6.87. The maximum absolute atomic E-state index is 4.22. The van der Waals surface area contributed by atoms with E-state index in [0.29, 0.717) is 5.54 Å². The molecule has 0 bridgehead atoms. The first-order valence-corrected chi connectivity index (χ1v) is 6.64. The third-order valence-corrected chi connectivity index (χ3v) is 4.32. The number of hydrogen-bond acceptors (Lipinski definition) is 3. The van der Waals surface area contributed by atoms with Gasteiger partial charge in [0.05, 0.1) is 0 Å². The molecule has 2 fully saturated rings. The number of pyridine rings is 1. The highest BCUT2D eigenvalue weighted by Gasteiger charge is 2.46. The molecule has 1 saturated heterocycles. The first-order valence-electron chi connectivity index (χ1n) is 6.64. The highest BCUT2D eigenvalue weighted by atomic mass is 15.3. The first-order chi connectivity index (χ1) is 8.29. The molecule has 0 spiro atoms. The average Bonchev–Trinajstić information content (AvgIpc) is 3.18. The van der Waals surface area contributed by atoms with E-state index in [9.17, 15) is 0 Å². The molecule has 1 atom stereocenters. The van der Waals surface area contributed by atoms with Crippen LogP contribution in [0.5, 0.6) is 0 Å². The Bertz CT molecular complexity index is 374. The summed E-state index contributed by atoms with van der Waals surface area (Å²) in [6.07, 6.45) is 6.65. The molecule has 0 aromatic carbocycles. The van der Waals surface area contributed by atoms with Gasteiger partial charge in [-0.1, -0.05) is 6.07 Å². The summed E-state index contributed by atoms with van der Waals surface area (Å²) >= 11 is 0. The van der Waals surface area contributed by atoms with Crippen LogP contribution in [0.2, 0.25) is 0 Å². The SMILES string of the molecule is CC1(C2CC2)CNCCN1Cc1cccnc1. The van der Waals surface area contributed by atoms with Crippen molar-refractivity contribution in [1.82, 2.24) is 15.2 Å². The molecule has 0 amide bonds. The third-order valence-electron chi connectivity index (χ3n) is 4.32. The summed E-state index contributed by atoms with van der Waals surface area (Å²) in [4.78, 5) is 6.87. The van der Waals surface area contributed by atoms with E-state index >= 15 is 0 Å². The molecule has 1 saturated carbocycles. The highest BCUT2D eigenvalue weighted by molar-refractivity contribution is 5.11. The second-order valence-electron chi connectivity index (χ2n) is 5.59. The maximum Gasteiger partial charge on any atom is 0.0337 e. The molecule has 3 rings (SSSR count). The molecule has 1 aliphatic carbocycles. The summed E-state index contributed by atoms with van der Waals surface area (Å²) in [5, 5.41) is 3.56. The molecule has 1 unspecified atom stereocenters. The summed E-state index contributed by atoms with van der Waals surface area (Å²) in [6, 6.07) is 4.22. The molecule has 2 aliphatic rings. The van der Waals surface area contributed by atoms with Gasteiger partial charge in [0, 0.05) is 44.1 Å². The lowest BCUT2D eigenvalue weighted by molar-refractivity contribution is 0.0483. The Kier molecular flexibility index (Phi) is 2.89. The molecular weight excluding hydrogens is 210 g/mol. The van der Waals surface area contributed by atoms with E-state index in [1.165, 1.54) is 18.4 Å². The standard InChI is InChI=1S/C14H21N3/c1-14(13-4-5-13)11-16-7-8-17(14)10-12-3-2-6-15-9-12/h2-3,6,9,13,16H,4-5,7-8,10-11H2,1H3. The predicted molar refractivity (Wildman–Crippen MR) is 68.6 cm³/mol. The summed E-state index contributed by atoms with van der Waals surface area (Å²) < 4.78 is 0. The average molecular weight is 231 g/mol. The molecule has 2 heterocycles. The Balaban J connectivity index is 1.75. The van der Waals surface area contributed by atoms with Gasteiger partial charge in [-0.05, 0) is 37.3 Å². The zero-order chi connectivity index (χ0) is 11.7. The fourth-order valence-corrected chi connectivity index (χ4v) is 3.00. The predicted octanol–water partition coefficient (Wildman–Crippen LogP) is 1.66. The Morgan fingerprint density at radius 2 is 2.41 bits per heavy atom. The Morgan fingerprint density at radius 1 is 1.53 bits per heavy atom. The largest absolute Gasteiger partial charge is 0.314 e. The molecule has 1 N–H and O–H groups in total. The number of aromatic nitrogens is 1. The Hall–Kier alpha value is -0.930. The van der Waals surface area contributed by atoms with Gasteiger partial charge < -0.3 is 5.32 Å². The van der Waals surface area contributed by atoms with Crippen LogP contribution in [0.25, 0.3) is 0 Å². The topological polar surface area (TPSA) is 28.2 Å². The minimum atomic E-state index is 0.355. The summed E-state index contributed by atoms with van der Waals surface area (Å²) in [7, 11) is 0. The third kappa shape index (κ3) is 2.22. The normalized spacial score (nSPS) is 30.4. The van der Waals surface area contributed by atoms with Gasteiger partial charge in [0.15, 0.2) is 0 Å². The van der Waals surface area contributed by atoms with E-state index in [1.54, 1.807) is 0 Å². The van der Waals surface area contributed by atoms with Crippen molar-refractivity contribution in [3.05, 3.63) is 30.1 Å². The second kappa shape index (κ2) is 4.39. The lowest BCUT2D eigenvalue weighted by Crippen LogP contribution is -2.60. The van der Waals surface area contributed by atoms with E-state index in [0.717, 1.165) is 32.1 Å². The molecule has 92 valence electrons. The highest BCUT2D eigenvalue weighted by Crippen LogP contribution is 2.43. The molecular formula is C14H21N3. The van der Waals surface area contributed by atoms with Gasteiger partial charge in [0.25, 0.3) is 0 Å². The van der Waals surface area contributed by atoms with Crippen LogP contribution in [0.4, 0.5) is 0 Å². The van der Waals surface area contributed by atoms with E-state index in [4.69, 9.17) is 0 Å². The van der Waals surface area contributed by atoms with Crippen LogP contribution in [-0.2, 0) is 6.54 Å². The maximum atomic E-state index is 4.22. The number of hydrogen-bond donors (Lipinski definition) is 1. The van der Waals surface area contributed by atoms with Crippen molar-refractivity contribution in [2.24, 2.45) is 5.92 Å². The lowest BCUT2D eigenvalue weighted by atomic mass is 9.91. The van der Waals surface area contributed by atoms with Crippen LogP contribution in [0.3, 0.4) is 0 Å². The van der Waals surface area contributed by atoms with Crippen LogP contribution in [0, 0.1) is 5.92 Å². The van der Waals surface area contributed by atoms with E-state index in [2.05, 4.69) is 28.2 Å². The zero-order valence-corrected chi connectivity index (χ0v) is 10.5. The minimum absolute atomic E-state index is 0.355.